The number of amides is 1. The Morgan fingerprint density at radius 2 is 1.82 bits per heavy atom. The molecule has 6 nitrogen and oxygen atoms in total. The van der Waals surface area contributed by atoms with E-state index in [4.69, 9.17) is 11.6 Å². The molecule has 0 unspecified atom stereocenters. The molecule has 0 bridgehead atoms. The lowest BCUT2D eigenvalue weighted by Crippen LogP contribution is -2.49. The molecular weight excluding hydrogens is 475 g/mol. The summed E-state index contributed by atoms with van der Waals surface area (Å²) in [6, 6.07) is 10.9. The van der Waals surface area contributed by atoms with Crippen LogP contribution in [0.5, 0.6) is 0 Å². The van der Waals surface area contributed by atoms with Gasteiger partial charge in [-0.05, 0) is 11.6 Å². The van der Waals surface area contributed by atoms with Gasteiger partial charge in [0, 0.05) is 51.3 Å². The Labute approximate surface area is 198 Å². The number of nitrogens with zero attached hydrogens (tertiary/aromatic N) is 5. The van der Waals surface area contributed by atoms with Gasteiger partial charge in [0.2, 0.25) is 5.91 Å². The molecule has 0 aliphatic carbocycles. The minimum atomic E-state index is -4.49. The van der Waals surface area contributed by atoms with Crippen LogP contribution >= 0.6 is 23.4 Å². The fourth-order valence-electron chi connectivity index (χ4n) is 3.54. The van der Waals surface area contributed by atoms with Crippen molar-refractivity contribution in [3.05, 3.63) is 71.1 Å². The molecule has 3 heterocycles. The Morgan fingerprint density at radius 3 is 2.48 bits per heavy atom. The fraction of sp³-hybridized carbons (Fsp3) is 0.318. The van der Waals surface area contributed by atoms with Crippen molar-refractivity contribution in [1.82, 2.24) is 19.4 Å². The van der Waals surface area contributed by atoms with Crippen molar-refractivity contribution in [1.29, 1.82) is 0 Å². The lowest BCUT2D eigenvalue weighted by Gasteiger charge is -2.35. The fourth-order valence-corrected chi connectivity index (χ4v) is 4.69. The van der Waals surface area contributed by atoms with Crippen molar-refractivity contribution >= 4 is 35.1 Å². The van der Waals surface area contributed by atoms with E-state index in [0.29, 0.717) is 38.5 Å². The van der Waals surface area contributed by atoms with Gasteiger partial charge in [0.25, 0.3) is 0 Å². The van der Waals surface area contributed by atoms with E-state index >= 15 is 0 Å². The quantitative estimate of drug-likeness (QED) is 0.473. The van der Waals surface area contributed by atoms with Crippen LogP contribution in [0.1, 0.15) is 11.1 Å². The molecule has 0 radical (unpaired) electrons. The molecule has 2 aromatic heterocycles. The van der Waals surface area contributed by atoms with Gasteiger partial charge in [-0.3, -0.25) is 4.79 Å². The molecule has 4 rings (SSSR count). The van der Waals surface area contributed by atoms with Crippen molar-refractivity contribution in [2.75, 3.05) is 36.8 Å². The first-order chi connectivity index (χ1) is 15.8. The maximum absolute atomic E-state index is 12.8. The zero-order chi connectivity index (χ0) is 23.4. The van der Waals surface area contributed by atoms with Gasteiger partial charge in [-0.1, -0.05) is 53.7 Å². The molecule has 1 fully saturated rings. The number of hydrogen-bond acceptors (Lipinski definition) is 5. The number of imidazole rings is 1. The number of anilines is 1. The third kappa shape index (κ3) is 5.80. The number of thioether (sulfide) groups is 1. The third-order valence-electron chi connectivity index (χ3n) is 5.28. The van der Waals surface area contributed by atoms with Crippen molar-refractivity contribution < 1.29 is 18.0 Å². The van der Waals surface area contributed by atoms with Gasteiger partial charge in [0.1, 0.15) is 5.82 Å². The number of halogens is 4. The van der Waals surface area contributed by atoms with E-state index in [0.717, 1.165) is 23.0 Å². The van der Waals surface area contributed by atoms with E-state index in [1.165, 1.54) is 11.8 Å². The Balaban J connectivity index is 1.30. The van der Waals surface area contributed by atoms with Gasteiger partial charge in [0.15, 0.2) is 5.16 Å². The number of alkyl halides is 3. The minimum Gasteiger partial charge on any atom is -0.352 e. The molecule has 0 saturated carbocycles. The molecule has 1 saturated heterocycles. The van der Waals surface area contributed by atoms with Crippen molar-refractivity contribution in [2.24, 2.45) is 0 Å². The highest BCUT2D eigenvalue weighted by molar-refractivity contribution is 7.99. The van der Waals surface area contributed by atoms with Gasteiger partial charge in [-0.2, -0.15) is 13.2 Å². The van der Waals surface area contributed by atoms with E-state index < -0.39 is 11.7 Å². The van der Waals surface area contributed by atoms with Crippen LogP contribution in [0, 0.1) is 0 Å². The Hall–Kier alpha value is -2.72. The number of carbonyl (C=O) groups excluding carboxylic acids is 1. The van der Waals surface area contributed by atoms with E-state index in [2.05, 4.69) is 9.97 Å². The zero-order valence-electron chi connectivity index (χ0n) is 17.5. The monoisotopic (exact) mass is 495 g/mol. The van der Waals surface area contributed by atoms with Crippen LogP contribution in [0.15, 0.2) is 60.1 Å². The Morgan fingerprint density at radius 1 is 1.09 bits per heavy atom. The van der Waals surface area contributed by atoms with Crippen LogP contribution < -0.4 is 4.90 Å². The van der Waals surface area contributed by atoms with Crippen LogP contribution in [0.2, 0.25) is 5.02 Å². The summed E-state index contributed by atoms with van der Waals surface area (Å²) in [6.45, 7) is 2.44. The second-order valence-corrected chi connectivity index (χ2v) is 8.86. The largest absolute Gasteiger partial charge is 0.417 e. The zero-order valence-corrected chi connectivity index (χ0v) is 19.1. The molecule has 0 atom stereocenters. The van der Waals surface area contributed by atoms with E-state index in [-0.39, 0.29) is 16.7 Å². The summed E-state index contributed by atoms with van der Waals surface area (Å²) in [4.78, 5) is 24.5. The summed E-state index contributed by atoms with van der Waals surface area (Å²) >= 11 is 7.44. The average Bonchev–Trinajstić information content (AvgIpc) is 3.24. The standard InChI is InChI=1S/C22H21ClF3N5OS/c23-18-12-17(22(24,25)26)13-28-20(18)30-10-8-29(9-11-30)19(32)15-33-21-27-6-7-31(21)14-16-4-2-1-3-5-16/h1-7,12-13H,8-11,14-15H2. The van der Waals surface area contributed by atoms with Gasteiger partial charge >= 0.3 is 6.18 Å². The number of benzene rings is 1. The molecule has 0 N–H and O–H groups in total. The van der Waals surface area contributed by atoms with Crippen LogP contribution in [0.25, 0.3) is 0 Å². The smallest absolute Gasteiger partial charge is 0.352 e. The molecule has 174 valence electrons. The number of hydrogen-bond donors (Lipinski definition) is 0. The second kappa shape index (κ2) is 10.0. The summed E-state index contributed by atoms with van der Waals surface area (Å²) in [5.41, 5.74) is 0.267. The summed E-state index contributed by atoms with van der Waals surface area (Å²) in [5, 5.41) is 0.719. The lowest BCUT2D eigenvalue weighted by atomic mass is 10.2. The lowest BCUT2D eigenvalue weighted by molar-refractivity contribution is -0.137. The van der Waals surface area contributed by atoms with Crippen LogP contribution in [-0.4, -0.2) is 57.3 Å². The highest BCUT2D eigenvalue weighted by atomic mass is 35.5. The molecule has 0 spiro atoms. The van der Waals surface area contributed by atoms with Gasteiger partial charge in [-0.15, -0.1) is 0 Å². The van der Waals surface area contributed by atoms with Crippen molar-refractivity contribution in [2.45, 2.75) is 17.9 Å². The first-order valence-corrected chi connectivity index (χ1v) is 11.6. The molecular formula is C22H21ClF3N5OS. The molecule has 1 amide bonds. The number of carbonyl (C=O) groups is 1. The van der Waals surface area contributed by atoms with Gasteiger partial charge < -0.3 is 14.4 Å². The number of pyridine rings is 1. The summed E-state index contributed by atoms with van der Waals surface area (Å²) in [7, 11) is 0. The molecule has 11 heteroatoms. The molecule has 1 aliphatic rings. The maximum atomic E-state index is 12.8. The van der Waals surface area contributed by atoms with Gasteiger partial charge in [0.05, 0.1) is 16.3 Å². The maximum Gasteiger partial charge on any atom is 0.417 e. The summed E-state index contributed by atoms with van der Waals surface area (Å²) in [5.74, 6) is 0.542. The molecule has 1 aliphatic heterocycles. The van der Waals surface area contributed by atoms with E-state index in [9.17, 15) is 18.0 Å². The van der Waals surface area contributed by atoms with Gasteiger partial charge in [-0.25, -0.2) is 9.97 Å². The number of aromatic nitrogens is 3. The first-order valence-electron chi connectivity index (χ1n) is 10.2. The van der Waals surface area contributed by atoms with Crippen LogP contribution in [0.4, 0.5) is 19.0 Å². The predicted molar refractivity (Wildman–Crippen MR) is 122 cm³/mol. The predicted octanol–water partition coefficient (Wildman–Crippen LogP) is 4.44. The molecule has 33 heavy (non-hydrogen) atoms. The highest BCUT2D eigenvalue weighted by Gasteiger charge is 2.32. The summed E-state index contributed by atoms with van der Waals surface area (Å²) < 4.78 is 40.5. The van der Waals surface area contributed by atoms with E-state index in [1.54, 1.807) is 16.0 Å². The summed E-state index contributed by atoms with van der Waals surface area (Å²) in [6.07, 6.45) is -0.102. The Bertz CT molecular complexity index is 1100. The number of piperazine rings is 1. The van der Waals surface area contributed by atoms with Crippen molar-refractivity contribution in [3.8, 4) is 0 Å². The normalized spacial score (nSPS) is 14.5. The minimum absolute atomic E-state index is 0.0135. The molecule has 3 aromatic rings. The van der Waals surface area contributed by atoms with E-state index in [1.807, 2.05) is 41.1 Å². The van der Waals surface area contributed by atoms with Crippen LogP contribution in [-0.2, 0) is 17.5 Å². The van der Waals surface area contributed by atoms with Crippen molar-refractivity contribution in [3.63, 3.8) is 0 Å². The topological polar surface area (TPSA) is 54.3 Å². The number of rotatable bonds is 6. The SMILES string of the molecule is O=C(CSc1nccn1Cc1ccccc1)N1CCN(c2ncc(C(F)(F)F)cc2Cl)CC1. The second-order valence-electron chi connectivity index (χ2n) is 7.51. The third-order valence-corrected chi connectivity index (χ3v) is 6.55. The first kappa shape index (κ1) is 23.4. The molecule has 1 aromatic carbocycles. The van der Waals surface area contributed by atoms with Crippen LogP contribution in [0.3, 0.4) is 0 Å². The highest BCUT2D eigenvalue weighted by Crippen LogP contribution is 2.33. The Kier molecular flexibility index (Phi) is 7.14. The average molecular weight is 496 g/mol.